The summed E-state index contributed by atoms with van der Waals surface area (Å²) >= 11 is 0. The maximum atomic E-state index is 13.8. The van der Waals surface area contributed by atoms with Crippen molar-refractivity contribution < 1.29 is 14.3 Å². The van der Waals surface area contributed by atoms with E-state index in [1.54, 1.807) is 7.11 Å². The van der Waals surface area contributed by atoms with Gasteiger partial charge in [0.25, 0.3) is 0 Å². The van der Waals surface area contributed by atoms with Crippen LogP contribution >= 0.6 is 0 Å². The molecule has 0 saturated heterocycles. The molecule has 4 nitrogen and oxygen atoms in total. The predicted octanol–water partition coefficient (Wildman–Crippen LogP) is 5.79. The molecule has 1 saturated carbocycles. The van der Waals surface area contributed by atoms with E-state index in [0.29, 0.717) is 13.1 Å². The van der Waals surface area contributed by atoms with Crippen molar-refractivity contribution in [2.24, 2.45) is 22.2 Å². The van der Waals surface area contributed by atoms with E-state index in [1.165, 1.54) is 0 Å². The molecule has 32 heavy (non-hydrogen) atoms. The Bertz CT molecular complexity index is 933. The number of methoxy groups -OCH3 is 1. The number of carbonyl (C=O) groups is 2. The van der Waals surface area contributed by atoms with Gasteiger partial charge in [0.1, 0.15) is 5.75 Å². The molecule has 1 aromatic carbocycles. The van der Waals surface area contributed by atoms with Gasteiger partial charge in [-0.15, -0.1) is 0 Å². The average molecular weight is 438 g/mol. The van der Waals surface area contributed by atoms with Crippen LogP contribution in [-0.4, -0.2) is 36.8 Å². The van der Waals surface area contributed by atoms with Gasteiger partial charge in [0.2, 0.25) is 5.91 Å². The Balaban J connectivity index is 2.28. The van der Waals surface area contributed by atoms with Crippen LogP contribution in [-0.2, 0) is 9.59 Å². The van der Waals surface area contributed by atoms with E-state index in [1.807, 2.05) is 36.9 Å². The molecule has 0 heterocycles. The number of nitrogens with zero attached hydrogens (tertiary/aromatic N) is 1. The molecule has 2 aliphatic carbocycles. The van der Waals surface area contributed by atoms with E-state index in [4.69, 9.17) is 4.74 Å². The van der Waals surface area contributed by atoms with Gasteiger partial charge in [-0.05, 0) is 36.3 Å². The highest BCUT2D eigenvalue weighted by atomic mass is 16.5. The molecule has 0 unspecified atom stereocenters. The number of allylic oxidation sites excluding steroid dienone is 4. The molecule has 0 aromatic heterocycles. The minimum Gasteiger partial charge on any atom is -0.496 e. The zero-order valence-corrected chi connectivity index (χ0v) is 21.2. The summed E-state index contributed by atoms with van der Waals surface area (Å²) in [5.74, 6) is 0.737. The molecule has 1 spiro atoms. The van der Waals surface area contributed by atoms with Crippen LogP contribution in [0.15, 0.2) is 47.6 Å². The monoisotopic (exact) mass is 437 g/mol. The number of amides is 1. The van der Waals surface area contributed by atoms with Crippen LogP contribution in [0.3, 0.4) is 0 Å². The lowest BCUT2D eigenvalue weighted by molar-refractivity contribution is -0.132. The summed E-state index contributed by atoms with van der Waals surface area (Å²) in [6.07, 6.45) is 4.24. The fourth-order valence-electron chi connectivity index (χ4n) is 5.18. The highest BCUT2D eigenvalue weighted by Crippen LogP contribution is 2.71. The molecule has 2 atom stereocenters. The number of Topliss-reactive ketones (excluding diaryl/α,β-unsaturated/α-hetero) is 1. The highest BCUT2D eigenvalue weighted by Gasteiger charge is 2.69. The Kier molecular flexibility index (Phi) is 6.23. The first kappa shape index (κ1) is 24.3. The van der Waals surface area contributed by atoms with Gasteiger partial charge in [-0.1, -0.05) is 71.9 Å². The molecule has 0 aliphatic heterocycles. The van der Waals surface area contributed by atoms with Gasteiger partial charge in [0.15, 0.2) is 5.78 Å². The molecule has 0 N–H and O–H groups in total. The Morgan fingerprint density at radius 1 is 0.969 bits per heavy atom. The SMILES string of the molecule is CCN(CC)C(=O)[C@H]1[C@@H](c2ccccc2OC)C12C=C(C(C)(C)C)C(=O)C(C(C)(C)C)=C2. The highest BCUT2D eigenvalue weighted by molar-refractivity contribution is 6.11. The first-order valence-corrected chi connectivity index (χ1v) is 11.8. The van der Waals surface area contributed by atoms with Crippen molar-refractivity contribution in [1.29, 1.82) is 0 Å². The topological polar surface area (TPSA) is 46.6 Å². The lowest BCUT2D eigenvalue weighted by atomic mass is 9.69. The van der Waals surface area contributed by atoms with Crippen LogP contribution in [0.2, 0.25) is 0 Å². The Labute approximate surface area is 193 Å². The standard InChI is InChI=1S/C28H39NO3/c1-10-29(11-2)25(31)23-22(18-14-12-13-15-21(18)32-9)28(23)16-19(26(3,4)5)24(30)20(17-28)27(6,7)8/h12-17,22-23H,10-11H2,1-9H3/t22-,23-/m1/s1. The summed E-state index contributed by atoms with van der Waals surface area (Å²) in [5, 5.41) is 0. The van der Waals surface area contributed by atoms with Crippen LogP contribution in [0, 0.1) is 22.2 Å². The summed E-state index contributed by atoms with van der Waals surface area (Å²) in [6, 6.07) is 7.97. The van der Waals surface area contributed by atoms with E-state index in [-0.39, 0.29) is 34.4 Å². The van der Waals surface area contributed by atoms with E-state index in [9.17, 15) is 9.59 Å². The second-order valence-corrected chi connectivity index (χ2v) is 11.2. The minimum absolute atomic E-state index is 0.0606. The molecule has 3 rings (SSSR count). The Morgan fingerprint density at radius 3 is 1.91 bits per heavy atom. The summed E-state index contributed by atoms with van der Waals surface area (Å²) in [6.45, 7) is 17.9. The van der Waals surface area contributed by atoms with Crippen LogP contribution in [0.4, 0.5) is 0 Å². The fourth-order valence-corrected chi connectivity index (χ4v) is 5.18. The molecule has 0 radical (unpaired) electrons. The quantitative estimate of drug-likeness (QED) is 0.586. The van der Waals surface area contributed by atoms with Crippen molar-refractivity contribution in [2.75, 3.05) is 20.2 Å². The number of hydrogen-bond acceptors (Lipinski definition) is 3. The summed E-state index contributed by atoms with van der Waals surface area (Å²) in [5.41, 5.74) is 1.49. The number of para-hydroxylation sites is 1. The van der Waals surface area contributed by atoms with Gasteiger partial charge < -0.3 is 9.64 Å². The number of benzene rings is 1. The third-order valence-corrected chi connectivity index (χ3v) is 7.01. The van der Waals surface area contributed by atoms with Crippen molar-refractivity contribution >= 4 is 11.7 Å². The average Bonchev–Trinajstić information content (AvgIpc) is 3.35. The van der Waals surface area contributed by atoms with Crippen molar-refractivity contribution in [1.82, 2.24) is 4.90 Å². The fraction of sp³-hybridized carbons (Fsp3) is 0.571. The van der Waals surface area contributed by atoms with Crippen molar-refractivity contribution in [3.8, 4) is 5.75 Å². The van der Waals surface area contributed by atoms with Gasteiger partial charge in [0.05, 0.1) is 13.0 Å². The lowest BCUT2D eigenvalue weighted by Crippen LogP contribution is -2.35. The molecule has 4 heteroatoms. The molecular formula is C28H39NO3. The van der Waals surface area contributed by atoms with Crippen molar-refractivity contribution in [3.63, 3.8) is 0 Å². The van der Waals surface area contributed by atoms with Gasteiger partial charge in [-0.3, -0.25) is 9.59 Å². The molecule has 1 aromatic rings. The number of ether oxygens (including phenoxy) is 1. The van der Waals surface area contributed by atoms with Crippen LogP contribution in [0.25, 0.3) is 0 Å². The maximum Gasteiger partial charge on any atom is 0.227 e. The number of carbonyl (C=O) groups excluding carboxylic acids is 2. The number of hydrogen-bond donors (Lipinski definition) is 0. The second kappa shape index (κ2) is 8.20. The van der Waals surface area contributed by atoms with E-state index in [2.05, 4.69) is 59.8 Å². The normalized spacial score (nSPS) is 22.3. The van der Waals surface area contributed by atoms with Gasteiger partial charge >= 0.3 is 0 Å². The molecule has 1 amide bonds. The number of rotatable bonds is 5. The smallest absolute Gasteiger partial charge is 0.227 e. The van der Waals surface area contributed by atoms with Gasteiger partial charge in [-0.25, -0.2) is 0 Å². The van der Waals surface area contributed by atoms with E-state index >= 15 is 0 Å². The molecule has 0 bridgehead atoms. The summed E-state index contributed by atoms with van der Waals surface area (Å²) in [4.78, 5) is 29.2. The molecule has 1 fully saturated rings. The van der Waals surface area contributed by atoms with Crippen LogP contribution in [0.1, 0.15) is 66.9 Å². The predicted molar refractivity (Wildman–Crippen MR) is 130 cm³/mol. The molecule has 174 valence electrons. The van der Waals surface area contributed by atoms with Crippen molar-refractivity contribution in [2.45, 2.75) is 61.3 Å². The first-order chi connectivity index (χ1) is 14.8. The third kappa shape index (κ3) is 3.93. The van der Waals surface area contributed by atoms with Crippen molar-refractivity contribution in [3.05, 3.63) is 53.1 Å². The van der Waals surface area contributed by atoms with E-state index in [0.717, 1.165) is 22.5 Å². The Hall–Kier alpha value is -2.36. The third-order valence-electron chi connectivity index (χ3n) is 7.01. The summed E-state index contributed by atoms with van der Waals surface area (Å²) in [7, 11) is 1.67. The largest absolute Gasteiger partial charge is 0.496 e. The first-order valence-electron chi connectivity index (χ1n) is 11.8. The van der Waals surface area contributed by atoms with Gasteiger partial charge in [0, 0.05) is 35.6 Å². The summed E-state index contributed by atoms with van der Waals surface area (Å²) < 4.78 is 5.70. The zero-order valence-electron chi connectivity index (χ0n) is 21.2. The van der Waals surface area contributed by atoms with E-state index < -0.39 is 5.41 Å². The van der Waals surface area contributed by atoms with Crippen LogP contribution < -0.4 is 4.74 Å². The Morgan fingerprint density at radius 2 is 1.47 bits per heavy atom. The zero-order chi connectivity index (χ0) is 24.1. The number of ketones is 1. The maximum absolute atomic E-state index is 13.8. The molecule has 2 aliphatic rings. The van der Waals surface area contributed by atoms with Gasteiger partial charge in [-0.2, -0.15) is 0 Å². The second-order valence-electron chi connectivity index (χ2n) is 11.2. The van der Waals surface area contributed by atoms with Crippen LogP contribution in [0.5, 0.6) is 5.75 Å². The lowest BCUT2D eigenvalue weighted by Gasteiger charge is -2.34. The molecular weight excluding hydrogens is 398 g/mol. The minimum atomic E-state index is -0.520.